The van der Waals surface area contributed by atoms with E-state index in [1.165, 1.54) is 4.90 Å². The smallest absolute Gasteiger partial charge is 0.229 e. The largest absolute Gasteiger partial charge is 0.320 e. The van der Waals surface area contributed by atoms with E-state index in [2.05, 4.69) is 10.3 Å². The van der Waals surface area contributed by atoms with Crippen LogP contribution in [0.3, 0.4) is 0 Å². The minimum atomic E-state index is -0.544. The van der Waals surface area contributed by atoms with Gasteiger partial charge < -0.3 is 5.73 Å². The highest BCUT2D eigenvalue weighted by Crippen LogP contribution is 2.13. The number of amides is 2. The summed E-state index contributed by atoms with van der Waals surface area (Å²) in [6.45, 7) is 4.47. The van der Waals surface area contributed by atoms with Crippen molar-refractivity contribution in [2.75, 3.05) is 6.54 Å². The fraction of sp³-hybridized carbons (Fsp3) is 0.636. The van der Waals surface area contributed by atoms with E-state index in [0.29, 0.717) is 31.6 Å². The van der Waals surface area contributed by atoms with Crippen molar-refractivity contribution in [3.8, 4) is 0 Å². The third kappa shape index (κ3) is 2.56. The minimum Gasteiger partial charge on any atom is -0.320 e. The van der Waals surface area contributed by atoms with Gasteiger partial charge in [0.25, 0.3) is 0 Å². The van der Waals surface area contributed by atoms with Gasteiger partial charge in [0.2, 0.25) is 11.8 Å². The fourth-order valence-corrected chi connectivity index (χ4v) is 1.78. The number of imide groups is 1. The summed E-state index contributed by atoms with van der Waals surface area (Å²) in [5, 5.41) is 7.90. The standard InChI is InChI=1S/C11H17N5O2/c1-11(2,12)8-7-15(14-13-8)5-6-16-9(17)3-4-10(16)18/h7H,3-6,12H2,1-2H3. The Morgan fingerprint density at radius 3 is 2.39 bits per heavy atom. The summed E-state index contributed by atoms with van der Waals surface area (Å²) in [5.41, 5.74) is 6.04. The van der Waals surface area contributed by atoms with Crippen molar-refractivity contribution in [3.63, 3.8) is 0 Å². The van der Waals surface area contributed by atoms with Crippen LogP contribution in [0.1, 0.15) is 32.4 Å². The first-order valence-corrected chi connectivity index (χ1v) is 5.90. The summed E-state index contributed by atoms with van der Waals surface area (Å²) in [6, 6.07) is 0. The van der Waals surface area contributed by atoms with Gasteiger partial charge in [-0.05, 0) is 13.8 Å². The summed E-state index contributed by atoms with van der Waals surface area (Å²) < 4.78 is 1.60. The third-order valence-corrected chi connectivity index (χ3v) is 2.91. The molecule has 0 saturated carbocycles. The fourth-order valence-electron chi connectivity index (χ4n) is 1.78. The molecule has 0 aromatic carbocycles. The molecule has 1 aromatic heterocycles. The van der Waals surface area contributed by atoms with Crippen molar-refractivity contribution < 1.29 is 9.59 Å². The highest BCUT2D eigenvalue weighted by molar-refractivity contribution is 6.01. The quantitative estimate of drug-likeness (QED) is 0.736. The van der Waals surface area contributed by atoms with E-state index in [0.717, 1.165) is 0 Å². The Hall–Kier alpha value is -1.76. The van der Waals surface area contributed by atoms with E-state index in [4.69, 9.17) is 5.73 Å². The van der Waals surface area contributed by atoms with Gasteiger partial charge in [0.15, 0.2) is 0 Å². The van der Waals surface area contributed by atoms with E-state index in [1.807, 2.05) is 13.8 Å². The Labute approximate surface area is 105 Å². The maximum absolute atomic E-state index is 11.4. The molecule has 0 unspecified atom stereocenters. The molecule has 2 rings (SSSR count). The average molecular weight is 251 g/mol. The Balaban J connectivity index is 1.97. The van der Waals surface area contributed by atoms with Crippen LogP contribution in [0.15, 0.2) is 6.20 Å². The lowest BCUT2D eigenvalue weighted by Gasteiger charge is -2.14. The molecule has 0 aliphatic carbocycles. The van der Waals surface area contributed by atoms with Gasteiger partial charge in [-0.15, -0.1) is 5.10 Å². The number of hydrogen-bond donors (Lipinski definition) is 1. The number of carbonyl (C=O) groups is 2. The molecule has 0 spiro atoms. The van der Waals surface area contributed by atoms with Crippen molar-refractivity contribution >= 4 is 11.8 Å². The second-order valence-electron chi connectivity index (χ2n) is 5.03. The molecule has 0 radical (unpaired) electrons. The van der Waals surface area contributed by atoms with Crippen LogP contribution < -0.4 is 5.73 Å². The third-order valence-electron chi connectivity index (χ3n) is 2.91. The Kier molecular flexibility index (Phi) is 3.16. The molecule has 18 heavy (non-hydrogen) atoms. The van der Waals surface area contributed by atoms with Crippen molar-refractivity contribution in [3.05, 3.63) is 11.9 Å². The van der Waals surface area contributed by atoms with Gasteiger partial charge >= 0.3 is 0 Å². The molecular weight excluding hydrogens is 234 g/mol. The molecule has 98 valence electrons. The van der Waals surface area contributed by atoms with E-state index in [1.54, 1.807) is 10.9 Å². The van der Waals surface area contributed by atoms with E-state index >= 15 is 0 Å². The predicted molar refractivity (Wildman–Crippen MR) is 63.2 cm³/mol. The van der Waals surface area contributed by atoms with Crippen LogP contribution in [0.5, 0.6) is 0 Å². The predicted octanol–water partition coefficient (Wildman–Crippen LogP) is -0.379. The van der Waals surface area contributed by atoms with E-state index in [9.17, 15) is 9.59 Å². The van der Waals surface area contributed by atoms with Crippen molar-refractivity contribution in [2.24, 2.45) is 5.73 Å². The zero-order chi connectivity index (χ0) is 13.3. The Morgan fingerprint density at radius 2 is 1.89 bits per heavy atom. The average Bonchev–Trinajstić information content (AvgIpc) is 2.84. The topological polar surface area (TPSA) is 94.1 Å². The van der Waals surface area contributed by atoms with E-state index < -0.39 is 5.54 Å². The Bertz CT molecular complexity index is 458. The molecule has 2 N–H and O–H groups in total. The molecule has 2 amide bonds. The molecule has 1 aromatic rings. The number of rotatable bonds is 4. The van der Waals surface area contributed by atoms with E-state index in [-0.39, 0.29) is 11.8 Å². The van der Waals surface area contributed by atoms with Crippen LogP contribution in [0, 0.1) is 0 Å². The van der Waals surface area contributed by atoms with Crippen LogP contribution in [-0.4, -0.2) is 38.3 Å². The van der Waals surface area contributed by atoms with Crippen LogP contribution in [-0.2, 0) is 21.7 Å². The molecule has 1 fully saturated rings. The first-order chi connectivity index (χ1) is 8.38. The van der Waals surface area contributed by atoms with Crippen molar-refractivity contribution in [1.82, 2.24) is 19.9 Å². The summed E-state index contributed by atoms with van der Waals surface area (Å²) in [4.78, 5) is 24.1. The molecule has 1 saturated heterocycles. The zero-order valence-corrected chi connectivity index (χ0v) is 10.6. The number of nitrogens with two attached hydrogens (primary N) is 1. The van der Waals surface area contributed by atoms with Crippen molar-refractivity contribution in [2.45, 2.75) is 38.8 Å². The molecule has 0 bridgehead atoms. The highest BCUT2D eigenvalue weighted by Gasteiger charge is 2.28. The van der Waals surface area contributed by atoms with Crippen molar-refractivity contribution in [1.29, 1.82) is 0 Å². The summed E-state index contributed by atoms with van der Waals surface area (Å²) in [5.74, 6) is -0.223. The molecular formula is C11H17N5O2. The van der Waals surface area contributed by atoms with Gasteiger partial charge in [-0.1, -0.05) is 5.21 Å². The first kappa shape index (κ1) is 12.7. The second-order valence-corrected chi connectivity index (χ2v) is 5.03. The van der Waals surface area contributed by atoms with Gasteiger partial charge in [0.05, 0.1) is 18.3 Å². The lowest BCUT2D eigenvalue weighted by atomic mass is 10.0. The van der Waals surface area contributed by atoms with Crippen LogP contribution >= 0.6 is 0 Å². The number of aromatic nitrogens is 3. The van der Waals surface area contributed by atoms with Gasteiger partial charge in [-0.2, -0.15) is 0 Å². The van der Waals surface area contributed by atoms with Crippen LogP contribution in [0.2, 0.25) is 0 Å². The highest BCUT2D eigenvalue weighted by atomic mass is 16.2. The normalized spacial score (nSPS) is 16.7. The molecule has 1 aliphatic heterocycles. The first-order valence-electron chi connectivity index (χ1n) is 5.90. The van der Waals surface area contributed by atoms with Crippen LogP contribution in [0.25, 0.3) is 0 Å². The Morgan fingerprint density at radius 1 is 1.28 bits per heavy atom. The maximum Gasteiger partial charge on any atom is 0.229 e. The maximum atomic E-state index is 11.4. The van der Waals surface area contributed by atoms with Gasteiger partial charge in [0.1, 0.15) is 5.69 Å². The molecule has 7 nitrogen and oxygen atoms in total. The zero-order valence-electron chi connectivity index (χ0n) is 10.6. The van der Waals surface area contributed by atoms with Gasteiger partial charge in [0, 0.05) is 19.4 Å². The molecule has 2 heterocycles. The number of nitrogens with zero attached hydrogens (tertiary/aromatic N) is 4. The van der Waals surface area contributed by atoms with Gasteiger partial charge in [-0.25, -0.2) is 0 Å². The lowest BCUT2D eigenvalue weighted by molar-refractivity contribution is -0.138. The lowest BCUT2D eigenvalue weighted by Crippen LogP contribution is -2.32. The SMILES string of the molecule is CC(C)(N)c1cn(CCN2C(=O)CCC2=O)nn1. The monoisotopic (exact) mass is 251 g/mol. The van der Waals surface area contributed by atoms with Gasteiger partial charge in [-0.3, -0.25) is 19.2 Å². The molecule has 0 atom stereocenters. The number of carbonyl (C=O) groups excluding carboxylic acids is 2. The molecule has 1 aliphatic rings. The number of hydrogen-bond acceptors (Lipinski definition) is 5. The minimum absolute atomic E-state index is 0.112. The van der Waals surface area contributed by atoms with Crippen LogP contribution in [0.4, 0.5) is 0 Å². The second kappa shape index (κ2) is 4.49. The summed E-state index contributed by atoms with van der Waals surface area (Å²) in [7, 11) is 0. The summed E-state index contributed by atoms with van der Waals surface area (Å²) in [6.07, 6.45) is 2.37. The molecule has 7 heteroatoms. The summed E-state index contributed by atoms with van der Waals surface area (Å²) >= 11 is 0. The number of likely N-dealkylation sites (tertiary alicyclic amines) is 1.